The lowest BCUT2D eigenvalue weighted by Crippen LogP contribution is -2.64. The summed E-state index contributed by atoms with van der Waals surface area (Å²) >= 11 is 0. The number of halogens is 3. The van der Waals surface area contributed by atoms with Crippen molar-refractivity contribution in [2.45, 2.75) is 82.8 Å². The molecule has 27 heavy (non-hydrogen) atoms. The van der Waals surface area contributed by atoms with Gasteiger partial charge in [-0.3, -0.25) is 0 Å². The van der Waals surface area contributed by atoms with Crippen molar-refractivity contribution in [3.63, 3.8) is 0 Å². The van der Waals surface area contributed by atoms with Gasteiger partial charge >= 0.3 is 18.3 Å². The summed E-state index contributed by atoms with van der Waals surface area (Å²) in [6.07, 6.45) is -3.94. The molecule has 3 rings (SSSR count). The zero-order valence-corrected chi connectivity index (χ0v) is 16.3. The maximum atomic E-state index is 13.7. The monoisotopic (exact) mass is 391 g/mol. The van der Waals surface area contributed by atoms with Gasteiger partial charge in [-0.2, -0.15) is 13.2 Å². The number of hydrogen-bond donors (Lipinski definition) is 0. The molecule has 1 aliphatic carbocycles. The number of alkyl halides is 3. The van der Waals surface area contributed by atoms with Crippen LogP contribution in [0.2, 0.25) is 0 Å². The van der Waals surface area contributed by atoms with Crippen LogP contribution in [0.1, 0.15) is 53.4 Å². The molecule has 0 bridgehead atoms. The van der Waals surface area contributed by atoms with Crippen LogP contribution in [0.4, 0.5) is 22.8 Å². The van der Waals surface area contributed by atoms with E-state index >= 15 is 0 Å². The minimum absolute atomic E-state index is 0.00588. The molecule has 3 aliphatic rings. The Morgan fingerprint density at radius 2 is 1.81 bits per heavy atom. The number of carbonyl (C=O) groups excluding carboxylic acids is 2. The number of fused-ring (bicyclic) bond motifs is 1. The van der Waals surface area contributed by atoms with Gasteiger partial charge in [0.25, 0.3) is 0 Å². The lowest BCUT2D eigenvalue weighted by atomic mass is 9.74. The first-order valence-electron chi connectivity index (χ1n) is 9.54. The average Bonchev–Trinajstić information content (AvgIpc) is 2.78. The number of carbonyl (C=O) groups is 2. The van der Waals surface area contributed by atoms with E-state index in [1.807, 2.05) is 6.92 Å². The second-order valence-corrected chi connectivity index (χ2v) is 8.78. The van der Waals surface area contributed by atoms with Crippen molar-refractivity contribution < 1.29 is 27.5 Å². The minimum atomic E-state index is -4.44. The van der Waals surface area contributed by atoms with E-state index in [2.05, 4.69) is 0 Å². The van der Waals surface area contributed by atoms with Gasteiger partial charge in [0.2, 0.25) is 0 Å². The largest absolute Gasteiger partial charge is 0.444 e. The van der Waals surface area contributed by atoms with E-state index in [1.165, 1.54) is 4.90 Å². The molecule has 0 radical (unpaired) electrons. The van der Waals surface area contributed by atoms with Crippen molar-refractivity contribution in [2.75, 3.05) is 19.6 Å². The van der Waals surface area contributed by atoms with Gasteiger partial charge in [-0.05, 0) is 46.5 Å². The highest BCUT2D eigenvalue weighted by atomic mass is 19.4. The highest BCUT2D eigenvalue weighted by Crippen LogP contribution is 2.51. The van der Waals surface area contributed by atoms with Gasteiger partial charge in [0.1, 0.15) is 11.1 Å². The van der Waals surface area contributed by atoms with E-state index in [9.17, 15) is 22.8 Å². The molecule has 154 valence electrons. The Balaban J connectivity index is 1.80. The van der Waals surface area contributed by atoms with Crippen LogP contribution in [0, 0.1) is 0 Å². The Morgan fingerprint density at radius 1 is 1.19 bits per heavy atom. The van der Waals surface area contributed by atoms with E-state index < -0.39 is 35.5 Å². The molecular formula is C18H28F3N3O3. The summed E-state index contributed by atoms with van der Waals surface area (Å²) in [5.41, 5.74) is -2.70. The van der Waals surface area contributed by atoms with Gasteiger partial charge in [-0.15, -0.1) is 0 Å². The van der Waals surface area contributed by atoms with Crippen molar-refractivity contribution >= 4 is 12.1 Å². The van der Waals surface area contributed by atoms with Crippen LogP contribution in [0.3, 0.4) is 0 Å². The Kier molecular flexibility index (Phi) is 4.79. The zero-order valence-electron chi connectivity index (χ0n) is 16.3. The first-order chi connectivity index (χ1) is 12.4. The number of hydrogen-bond acceptors (Lipinski definition) is 3. The average molecular weight is 391 g/mol. The Bertz CT molecular complexity index is 613. The molecule has 3 amide bonds. The third kappa shape index (κ3) is 3.33. The van der Waals surface area contributed by atoms with Crippen LogP contribution in [0.15, 0.2) is 0 Å². The second-order valence-electron chi connectivity index (χ2n) is 8.78. The smallest absolute Gasteiger partial charge is 0.411 e. The standard InChI is InChI=1S/C18H28F3N3O3/c1-5-12-9-22-13(10-23(12)15(26)27-16(2,3)4)11-24(14(22)25)17(7-6-8-17)18(19,20)21/h12-13H,5-11H2,1-4H3/t12-,13+/m1/s1. The number of piperazine rings is 1. The molecule has 0 aromatic heterocycles. The van der Waals surface area contributed by atoms with Crippen molar-refractivity contribution in [3.8, 4) is 0 Å². The lowest BCUT2D eigenvalue weighted by molar-refractivity contribution is -0.245. The van der Waals surface area contributed by atoms with Crippen molar-refractivity contribution in [2.24, 2.45) is 0 Å². The summed E-state index contributed by atoms with van der Waals surface area (Å²) in [6.45, 7) is 7.64. The molecule has 0 unspecified atom stereocenters. The number of ether oxygens (including phenoxy) is 1. The third-order valence-electron chi connectivity index (χ3n) is 5.89. The molecule has 9 heteroatoms. The molecule has 3 fully saturated rings. The summed E-state index contributed by atoms with van der Waals surface area (Å²) in [7, 11) is 0. The summed E-state index contributed by atoms with van der Waals surface area (Å²) in [6, 6.07) is -1.25. The van der Waals surface area contributed by atoms with Crippen LogP contribution >= 0.6 is 0 Å². The molecule has 2 saturated heterocycles. The fourth-order valence-electron chi connectivity index (χ4n) is 4.25. The second kappa shape index (κ2) is 6.44. The Morgan fingerprint density at radius 3 is 2.26 bits per heavy atom. The molecule has 0 aromatic rings. The van der Waals surface area contributed by atoms with Crippen molar-refractivity contribution in [1.29, 1.82) is 0 Å². The predicted octanol–water partition coefficient (Wildman–Crippen LogP) is 3.61. The predicted molar refractivity (Wildman–Crippen MR) is 92.3 cm³/mol. The van der Waals surface area contributed by atoms with E-state index in [0.717, 1.165) is 4.90 Å². The van der Waals surface area contributed by atoms with Gasteiger partial charge in [0, 0.05) is 19.6 Å². The number of nitrogens with zero attached hydrogens (tertiary/aromatic N) is 3. The van der Waals surface area contributed by atoms with E-state index in [1.54, 1.807) is 25.7 Å². The summed E-state index contributed by atoms with van der Waals surface area (Å²) in [5.74, 6) is 0. The number of rotatable bonds is 2. The fourth-order valence-corrected chi connectivity index (χ4v) is 4.25. The molecule has 6 nitrogen and oxygen atoms in total. The van der Waals surface area contributed by atoms with Gasteiger partial charge < -0.3 is 19.4 Å². The third-order valence-corrected chi connectivity index (χ3v) is 5.89. The summed E-state index contributed by atoms with van der Waals surface area (Å²) < 4.78 is 46.5. The number of urea groups is 1. The molecular weight excluding hydrogens is 363 g/mol. The highest BCUT2D eigenvalue weighted by molar-refractivity contribution is 5.79. The molecule has 2 aliphatic heterocycles. The Hall–Kier alpha value is -1.67. The minimum Gasteiger partial charge on any atom is -0.444 e. The highest BCUT2D eigenvalue weighted by Gasteiger charge is 2.66. The molecule has 0 N–H and O–H groups in total. The summed E-state index contributed by atoms with van der Waals surface area (Å²) in [5, 5.41) is 0. The van der Waals surface area contributed by atoms with Crippen LogP contribution in [0.5, 0.6) is 0 Å². The first kappa shape index (κ1) is 20.1. The van der Waals surface area contributed by atoms with Crippen molar-refractivity contribution in [1.82, 2.24) is 14.7 Å². The van der Waals surface area contributed by atoms with Gasteiger partial charge in [0.15, 0.2) is 0 Å². The van der Waals surface area contributed by atoms with E-state index in [-0.39, 0.29) is 38.5 Å². The SMILES string of the molecule is CC[C@@H]1CN2C(=O)N(C3(C(F)(F)F)CCC3)C[C@@H]2CN1C(=O)OC(C)(C)C. The molecule has 0 spiro atoms. The van der Waals surface area contributed by atoms with Gasteiger partial charge in [-0.1, -0.05) is 6.92 Å². The number of amides is 3. The molecule has 2 heterocycles. The molecule has 2 atom stereocenters. The van der Waals surface area contributed by atoms with Crippen LogP contribution in [-0.4, -0.2) is 75.9 Å². The van der Waals surface area contributed by atoms with Gasteiger partial charge in [0.05, 0.1) is 12.1 Å². The topological polar surface area (TPSA) is 53.1 Å². The summed E-state index contributed by atoms with van der Waals surface area (Å²) in [4.78, 5) is 29.5. The van der Waals surface area contributed by atoms with E-state index in [4.69, 9.17) is 4.74 Å². The Labute approximate surface area is 157 Å². The normalized spacial score (nSPS) is 28.1. The zero-order chi connectivity index (χ0) is 20.2. The van der Waals surface area contributed by atoms with E-state index in [0.29, 0.717) is 12.8 Å². The van der Waals surface area contributed by atoms with Crippen LogP contribution < -0.4 is 0 Å². The van der Waals surface area contributed by atoms with Crippen LogP contribution in [0.25, 0.3) is 0 Å². The van der Waals surface area contributed by atoms with Crippen LogP contribution in [-0.2, 0) is 4.74 Å². The first-order valence-corrected chi connectivity index (χ1v) is 9.54. The lowest BCUT2D eigenvalue weighted by Gasteiger charge is -2.48. The maximum Gasteiger partial charge on any atom is 0.411 e. The van der Waals surface area contributed by atoms with Crippen molar-refractivity contribution in [3.05, 3.63) is 0 Å². The molecule has 0 aromatic carbocycles. The quantitative estimate of drug-likeness (QED) is 0.723. The van der Waals surface area contributed by atoms with Gasteiger partial charge in [-0.25, -0.2) is 9.59 Å². The molecule has 1 saturated carbocycles. The maximum absolute atomic E-state index is 13.7. The fraction of sp³-hybridized carbons (Fsp3) is 0.889.